The number of hydrogen-bond acceptors (Lipinski definition) is 4. The van der Waals surface area contributed by atoms with Crippen molar-refractivity contribution < 1.29 is 17.9 Å². The van der Waals surface area contributed by atoms with Gasteiger partial charge in [0.25, 0.3) is 10.0 Å². The van der Waals surface area contributed by atoms with Crippen LogP contribution in [0.5, 0.6) is 11.5 Å². The molecule has 0 fully saturated rings. The second-order valence-corrected chi connectivity index (χ2v) is 6.67. The molecular weight excluding hydrogens is 338 g/mol. The highest BCUT2D eigenvalue weighted by molar-refractivity contribution is 7.92. The van der Waals surface area contributed by atoms with Gasteiger partial charge in [0, 0.05) is 10.7 Å². The molecule has 124 valence electrons. The molecule has 2 rings (SSSR count). The number of sulfonamides is 1. The molecule has 5 nitrogen and oxygen atoms in total. The Labute approximate surface area is 141 Å². The Morgan fingerprint density at radius 2 is 1.65 bits per heavy atom. The van der Waals surface area contributed by atoms with E-state index >= 15 is 0 Å². The van der Waals surface area contributed by atoms with Crippen molar-refractivity contribution in [3.05, 3.63) is 47.5 Å². The van der Waals surface area contributed by atoms with Crippen LogP contribution in [0.4, 0.5) is 5.69 Å². The van der Waals surface area contributed by atoms with E-state index < -0.39 is 10.0 Å². The number of nitrogens with one attached hydrogen (secondary N) is 1. The molecule has 0 aliphatic rings. The predicted molar refractivity (Wildman–Crippen MR) is 91.0 cm³/mol. The van der Waals surface area contributed by atoms with Gasteiger partial charge in [0.05, 0.1) is 13.2 Å². The van der Waals surface area contributed by atoms with Crippen molar-refractivity contribution >= 4 is 27.3 Å². The van der Waals surface area contributed by atoms with Gasteiger partial charge in [-0.1, -0.05) is 11.6 Å². The first-order chi connectivity index (χ1) is 11.0. The Kier molecular flexibility index (Phi) is 5.74. The number of ether oxygens (including phenoxy) is 2. The van der Waals surface area contributed by atoms with Gasteiger partial charge in [-0.05, 0) is 56.3 Å². The molecule has 1 N–H and O–H groups in total. The molecule has 0 aromatic heterocycles. The molecule has 0 heterocycles. The standard InChI is InChI=1S/C16H18ClNO4S/c1-3-21-14-8-6-13(7-9-14)18-23(19,20)16-11-12(17)5-10-15(16)22-4-2/h5-11,18H,3-4H2,1-2H3. The molecule has 0 bridgehead atoms. The molecule has 0 atom stereocenters. The van der Waals surface area contributed by atoms with E-state index in [2.05, 4.69) is 4.72 Å². The molecule has 0 aliphatic carbocycles. The third-order valence-electron chi connectivity index (χ3n) is 2.91. The average molecular weight is 356 g/mol. The van der Waals surface area contributed by atoms with E-state index in [-0.39, 0.29) is 10.6 Å². The zero-order valence-electron chi connectivity index (χ0n) is 12.9. The summed E-state index contributed by atoms with van der Waals surface area (Å²) in [5, 5.41) is 0.320. The summed E-state index contributed by atoms with van der Waals surface area (Å²) in [6, 6.07) is 11.1. The van der Waals surface area contributed by atoms with E-state index in [4.69, 9.17) is 21.1 Å². The van der Waals surface area contributed by atoms with Crippen LogP contribution in [0.3, 0.4) is 0 Å². The highest BCUT2D eigenvalue weighted by Gasteiger charge is 2.20. The summed E-state index contributed by atoms with van der Waals surface area (Å²) in [4.78, 5) is 0.000680. The molecule has 0 saturated carbocycles. The van der Waals surface area contributed by atoms with Gasteiger partial charge in [-0.15, -0.1) is 0 Å². The molecular formula is C16H18ClNO4S. The largest absolute Gasteiger partial charge is 0.494 e. The highest BCUT2D eigenvalue weighted by Crippen LogP contribution is 2.29. The Balaban J connectivity index is 2.29. The minimum Gasteiger partial charge on any atom is -0.494 e. The summed E-state index contributed by atoms with van der Waals surface area (Å²) in [5.41, 5.74) is 0.427. The zero-order valence-corrected chi connectivity index (χ0v) is 14.4. The first kappa shape index (κ1) is 17.4. The van der Waals surface area contributed by atoms with Crippen LogP contribution in [0.15, 0.2) is 47.4 Å². The smallest absolute Gasteiger partial charge is 0.265 e. The van der Waals surface area contributed by atoms with Gasteiger partial charge < -0.3 is 9.47 Å². The molecule has 2 aromatic rings. The van der Waals surface area contributed by atoms with Gasteiger partial charge in [-0.3, -0.25) is 4.72 Å². The maximum absolute atomic E-state index is 12.6. The number of halogens is 1. The second kappa shape index (κ2) is 7.57. The molecule has 7 heteroatoms. The Bertz CT molecular complexity index is 760. The Morgan fingerprint density at radius 3 is 2.26 bits per heavy atom. The zero-order chi connectivity index (χ0) is 16.9. The summed E-state index contributed by atoms with van der Waals surface area (Å²) < 4.78 is 38.4. The number of rotatable bonds is 7. The third kappa shape index (κ3) is 4.53. The predicted octanol–water partition coefficient (Wildman–Crippen LogP) is 3.94. The number of hydrogen-bond donors (Lipinski definition) is 1. The van der Waals surface area contributed by atoms with Crippen LogP contribution in [0.25, 0.3) is 0 Å². The van der Waals surface area contributed by atoms with Crippen LogP contribution in [-0.2, 0) is 10.0 Å². The van der Waals surface area contributed by atoms with Crippen molar-refractivity contribution in [3.63, 3.8) is 0 Å². The fourth-order valence-corrected chi connectivity index (χ4v) is 3.43. The van der Waals surface area contributed by atoms with Gasteiger partial charge >= 0.3 is 0 Å². The van der Waals surface area contributed by atoms with E-state index in [9.17, 15) is 8.42 Å². The van der Waals surface area contributed by atoms with Crippen LogP contribution in [0.2, 0.25) is 5.02 Å². The first-order valence-corrected chi connectivity index (χ1v) is 9.00. The van der Waals surface area contributed by atoms with Crippen molar-refractivity contribution in [2.75, 3.05) is 17.9 Å². The summed E-state index contributed by atoms with van der Waals surface area (Å²) in [7, 11) is -3.81. The summed E-state index contributed by atoms with van der Waals surface area (Å²) in [6.45, 7) is 4.56. The Morgan fingerprint density at radius 1 is 1.00 bits per heavy atom. The third-order valence-corrected chi connectivity index (χ3v) is 4.55. The van der Waals surface area contributed by atoms with E-state index in [1.807, 2.05) is 6.92 Å². The highest BCUT2D eigenvalue weighted by atomic mass is 35.5. The van der Waals surface area contributed by atoms with Crippen LogP contribution < -0.4 is 14.2 Å². The topological polar surface area (TPSA) is 64.6 Å². The van der Waals surface area contributed by atoms with E-state index in [0.717, 1.165) is 0 Å². The molecule has 0 amide bonds. The van der Waals surface area contributed by atoms with Crippen LogP contribution >= 0.6 is 11.6 Å². The van der Waals surface area contributed by atoms with E-state index in [1.54, 1.807) is 43.3 Å². The van der Waals surface area contributed by atoms with Gasteiger partial charge in [0.1, 0.15) is 16.4 Å². The summed E-state index contributed by atoms with van der Waals surface area (Å²) >= 11 is 5.92. The van der Waals surface area contributed by atoms with Crippen molar-refractivity contribution in [2.24, 2.45) is 0 Å². The molecule has 0 radical (unpaired) electrons. The minimum absolute atomic E-state index is 0.000680. The molecule has 2 aromatic carbocycles. The van der Waals surface area contributed by atoms with Crippen molar-refractivity contribution in [1.29, 1.82) is 0 Å². The van der Waals surface area contributed by atoms with Crippen molar-refractivity contribution in [2.45, 2.75) is 18.7 Å². The lowest BCUT2D eigenvalue weighted by Crippen LogP contribution is -2.14. The van der Waals surface area contributed by atoms with Gasteiger partial charge in [-0.25, -0.2) is 8.42 Å². The monoisotopic (exact) mass is 355 g/mol. The molecule has 0 saturated heterocycles. The number of anilines is 1. The lowest BCUT2D eigenvalue weighted by atomic mass is 10.3. The van der Waals surface area contributed by atoms with Gasteiger partial charge in [-0.2, -0.15) is 0 Å². The van der Waals surface area contributed by atoms with Crippen LogP contribution in [0, 0.1) is 0 Å². The number of benzene rings is 2. The maximum Gasteiger partial charge on any atom is 0.265 e. The van der Waals surface area contributed by atoms with Crippen molar-refractivity contribution in [3.8, 4) is 11.5 Å². The van der Waals surface area contributed by atoms with E-state index in [0.29, 0.717) is 29.7 Å². The molecule has 0 unspecified atom stereocenters. The normalized spacial score (nSPS) is 11.1. The average Bonchev–Trinajstić information content (AvgIpc) is 2.51. The molecule has 23 heavy (non-hydrogen) atoms. The fraction of sp³-hybridized carbons (Fsp3) is 0.250. The lowest BCUT2D eigenvalue weighted by Gasteiger charge is -2.13. The lowest BCUT2D eigenvalue weighted by molar-refractivity contribution is 0.331. The van der Waals surface area contributed by atoms with Gasteiger partial charge in [0.2, 0.25) is 0 Å². The Hall–Kier alpha value is -1.92. The SMILES string of the molecule is CCOc1ccc(NS(=O)(=O)c2cc(Cl)ccc2OCC)cc1. The van der Waals surface area contributed by atoms with Crippen molar-refractivity contribution in [1.82, 2.24) is 0 Å². The second-order valence-electron chi connectivity index (χ2n) is 4.59. The van der Waals surface area contributed by atoms with Crippen LogP contribution in [0.1, 0.15) is 13.8 Å². The summed E-state index contributed by atoms with van der Waals surface area (Å²) in [6.07, 6.45) is 0. The quantitative estimate of drug-likeness (QED) is 0.817. The van der Waals surface area contributed by atoms with Gasteiger partial charge in [0.15, 0.2) is 0 Å². The molecule has 0 aliphatic heterocycles. The fourth-order valence-electron chi connectivity index (χ4n) is 1.96. The van der Waals surface area contributed by atoms with Crippen LogP contribution in [-0.4, -0.2) is 21.6 Å². The maximum atomic E-state index is 12.6. The summed E-state index contributed by atoms with van der Waals surface area (Å²) in [5.74, 6) is 0.934. The minimum atomic E-state index is -3.81. The van der Waals surface area contributed by atoms with E-state index in [1.165, 1.54) is 6.07 Å². The first-order valence-electron chi connectivity index (χ1n) is 7.14. The molecule has 0 spiro atoms.